The summed E-state index contributed by atoms with van der Waals surface area (Å²) in [6.07, 6.45) is 35.4. The highest BCUT2D eigenvalue weighted by Gasteiger charge is 2.22. The highest BCUT2D eigenvalue weighted by Crippen LogP contribution is 2.43. The molecule has 0 N–H and O–H groups in total. The molecule has 0 unspecified atom stereocenters. The van der Waals surface area contributed by atoms with Crippen LogP contribution in [0.1, 0.15) is 214 Å². The summed E-state index contributed by atoms with van der Waals surface area (Å²) in [7, 11) is 0. The molecule has 69 heavy (non-hydrogen) atoms. The van der Waals surface area contributed by atoms with Gasteiger partial charge in [-0.1, -0.05) is 174 Å². The third-order valence-electron chi connectivity index (χ3n) is 14.4. The Hall–Kier alpha value is -3.71. The van der Waals surface area contributed by atoms with Crippen LogP contribution in [-0.2, 0) is 25.7 Å². The van der Waals surface area contributed by atoms with Gasteiger partial charge in [-0.2, -0.15) is 0 Å². The standard InChI is InChI=1S/C63H85N3S3/c1-7-11-15-19-23-27-33-48-41-52(49(39-46(48)5)34-28-24-20-16-12-8-2)56-44-57(65-62(64-56)63-66-55-37-31-32-38-58(55)69-63)53-42-51(36-30-26-22-18-14-10-4)54(43-50(53)35-29-25-21-17-13-9-3)59-45-61-60(68-59)40-47(6)67-61/h31-32,37-45H,7-30,33-36H2,1-6H3. The predicted octanol–water partition coefficient (Wildman–Crippen LogP) is 21.3. The quantitative estimate of drug-likeness (QED) is 0.0395. The fourth-order valence-corrected chi connectivity index (χ4v) is 13.6. The summed E-state index contributed by atoms with van der Waals surface area (Å²) >= 11 is 5.66. The van der Waals surface area contributed by atoms with E-state index in [1.165, 1.54) is 222 Å². The Morgan fingerprint density at radius 1 is 0.377 bits per heavy atom. The van der Waals surface area contributed by atoms with E-state index in [1.807, 2.05) is 22.7 Å². The summed E-state index contributed by atoms with van der Waals surface area (Å²) in [6.45, 7) is 13.9. The lowest BCUT2D eigenvalue weighted by Crippen LogP contribution is -2.03. The summed E-state index contributed by atoms with van der Waals surface area (Å²) in [5.74, 6) is 0.758. The van der Waals surface area contributed by atoms with E-state index in [0.29, 0.717) is 0 Å². The van der Waals surface area contributed by atoms with Crippen molar-refractivity contribution in [1.29, 1.82) is 0 Å². The molecule has 4 heterocycles. The second kappa shape index (κ2) is 28.4. The van der Waals surface area contributed by atoms with Gasteiger partial charge in [0, 0.05) is 30.3 Å². The highest BCUT2D eigenvalue weighted by molar-refractivity contribution is 7.29. The van der Waals surface area contributed by atoms with Crippen LogP contribution in [0.3, 0.4) is 0 Å². The van der Waals surface area contributed by atoms with Gasteiger partial charge < -0.3 is 0 Å². The largest absolute Gasteiger partial charge is 0.233 e. The van der Waals surface area contributed by atoms with Crippen LogP contribution in [0.4, 0.5) is 0 Å². The van der Waals surface area contributed by atoms with Crippen molar-refractivity contribution in [2.24, 2.45) is 0 Å². The summed E-state index contributed by atoms with van der Waals surface area (Å²) in [6, 6.07) is 26.1. The molecule has 0 aliphatic heterocycles. The smallest absolute Gasteiger partial charge is 0.189 e. The van der Waals surface area contributed by atoms with Gasteiger partial charge in [0.15, 0.2) is 10.8 Å². The highest BCUT2D eigenvalue weighted by atomic mass is 32.1. The molecule has 0 fully saturated rings. The Kier molecular flexibility index (Phi) is 21.8. The zero-order valence-corrected chi connectivity index (χ0v) is 46.2. The molecule has 7 rings (SSSR count). The predicted molar refractivity (Wildman–Crippen MR) is 308 cm³/mol. The molecule has 0 saturated heterocycles. The number of aromatic nitrogens is 3. The van der Waals surface area contributed by atoms with Crippen molar-refractivity contribution in [2.75, 3.05) is 0 Å². The molecule has 0 radical (unpaired) electrons. The molecule has 3 nitrogen and oxygen atoms in total. The van der Waals surface area contributed by atoms with Gasteiger partial charge in [0.1, 0.15) is 0 Å². The van der Waals surface area contributed by atoms with Crippen LogP contribution in [0.25, 0.3) is 63.4 Å². The molecule has 0 saturated carbocycles. The van der Waals surface area contributed by atoms with Crippen LogP contribution in [0.15, 0.2) is 66.7 Å². The number of thiazole rings is 1. The van der Waals surface area contributed by atoms with Crippen LogP contribution in [0, 0.1) is 13.8 Å². The second-order valence-electron chi connectivity index (χ2n) is 20.3. The molecule has 0 aliphatic carbocycles. The van der Waals surface area contributed by atoms with Gasteiger partial charge in [0.2, 0.25) is 0 Å². The average Bonchev–Trinajstić information content (AvgIpc) is 4.07. The lowest BCUT2D eigenvalue weighted by Gasteiger charge is -2.19. The van der Waals surface area contributed by atoms with E-state index in [-0.39, 0.29) is 0 Å². The van der Waals surface area contributed by atoms with Gasteiger partial charge in [0.05, 0.1) is 21.6 Å². The third kappa shape index (κ3) is 15.4. The molecule has 6 heteroatoms. The third-order valence-corrected chi connectivity index (χ3v) is 17.7. The first-order valence-corrected chi connectivity index (χ1v) is 30.4. The lowest BCUT2D eigenvalue weighted by molar-refractivity contribution is 0.605. The molecule has 3 aromatic carbocycles. The first-order chi connectivity index (χ1) is 33.9. The Balaban J connectivity index is 1.37. The van der Waals surface area contributed by atoms with Crippen molar-refractivity contribution in [2.45, 2.75) is 221 Å². The summed E-state index contributed by atoms with van der Waals surface area (Å²) < 4.78 is 4.03. The molecular formula is C63H85N3S3. The van der Waals surface area contributed by atoms with Gasteiger partial charge >= 0.3 is 0 Å². The van der Waals surface area contributed by atoms with Crippen LogP contribution in [0.5, 0.6) is 0 Å². The Morgan fingerprint density at radius 2 is 0.826 bits per heavy atom. The van der Waals surface area contributed by atoms with Crippen molar-refractivity contribution < 1.29 is 0 Å². The molecule has 7 aromatic rings. The number of unbranched alkanes of at least 4 members (excludes halogenated alkanes) is 20. The Bertz CT molecular complexity index is 2560. The van der Waals surface area contributed by atoms with E-state index in [0.717, 1.165) is 53.4 Å². The number of nitrogens with zero attached hydrogens (tertiary/aromatic N) is 3. The van der Waals surface area contributed by atoms with Crippen LogP contribution < -0.4 is 0 Å². The maximum Gasteiger partial charge on any atom is 0.189 e. The molecule has 370 valence electrons. The molecule has 0 spiro atoms. The number of thiophene rings is 2. The van der Waals surface area contributed by atoms with Crippen molar-refractivity contribution in [3.63, 3.8) is 0 Å². The van der Waals surface area contributed by atoms with E-state index < -0.39 is 0 Å². The zero-order chi connectivity index (χ0) is 48.2. The average molecular weight is 981 g/mol. The van der Waals surface area contributed by atoms with Gasteiger partial charge in [-0.15, -0.1) is 34.0 Å². The first kappa shape index (κ1) is 53.1. The number of benzene rings is 3. The molecule has 4 aromatic heterocycles. The number of fused-ring (bicyclic) bond motifs is 2. The van der Waals surface area contributed by atoms with Gasteiger partial charge in [-0.25, -0.2) is 15.0 Å². The van der Waals surface area contributed by atoms with Gasteiger partial charge in [0.25, 0.3) is 0 Å². The molecule has 0 amide bonds. The molecule has 0 bridgehead atoms. The van der Waals surface area contributed by atoms with Gasteiger partial charge in [-0.05, 0) is 147 Å². The monoisotopic (exact) mass is 980 g/mol. The van der Waals surface area contributed by atoms with E-state index in [4.69, 9.17) is 15.0 Å². The number of rotatable bonds is 32. The fraction of sp³-hybridized carbons (Fsp3) is 0.540. The molecular weight excluding hydrogens is 895 g/mol. The van der Waals surface area contributed by atoms with Crippen molar-refractivity contribution in [3.05, 3.63) is 99.4 Å². The van der Waals surface area contributed by atoms with Crippen LogP contribution >= 0.6 is 34.0 Å². The van der Waals surface area contributed by atoms with E-state index >= 15 is 0 Å². The maximum atomic E-state index is 5.63. The number of hydrogen-bond donors (Lipinski definition) is 0. The van der Waals surface area contributed by atoms with E-state index in [2.05, 4.69) is 108 Å². The molecule has 0 atom stereocenters. The van der Waals surface area contributed by atoms with Crippen molar-refractivity contribution in [1.82, 2.24) is 15.0 Å². The van der Waals surface area contributed by atoms with Gasteiger partial charge in [-0.3, -0.25) is 0 Å². The Labute approximate surface area is 430 Å². The fourth-order valence-electron chi connectivity index (χ4n) is 10.4. The topological polar surface area (TPSA) is 38.7 Å². The van der Waals surface area contributed by atoms with E-state index in [1.54, 1.807) is 11.3 Å². The minimum Gasteiger partial charge on any atom is -0.233 e. The minimum absolute atomic E-state index is 0.758. The number of aryl methyl sites for hydroxylation is 6. The SMILES string of the molecule is CCCCCCCCc1cc(-c2cc(-c3cc(CCCCCCCC)c(-c4cc5sc(C)cc5s4)cc3CCCCCCCC)nc(-c3nc4ccccc4s3)n2)c(CCCCCCCC)cc1C. The van der Waals surface area contributed by atoms with E-state index in [9.17, 15) is 0 Å². The number of hydrogen-bond acceptors (Lipinski definition) is 6. The Morgan fingerprint density at radius 3 is 1.36 bits per heavy atom. The summed E-state index contributed by atoms with van der Waals surface area (Å²) in [5.41, 5.74) is 14.4. The van der Waals surface area contributed by atoms with Crippen molar-refractivity contribution in [3.8, 4) is 43.8 Å². The summed E-state index contributed by atoms with van der Waals surface area (Å²) in [5, 5.41) is 0.909. The second-order valence-corrected chi connectivity index (χ2v) is 23.7. The van der Waals surface area contributed by atoms with Crippen LogP contribution in [0.2, 0.25) is 0 Å². The first-order valence-electron chi connectivity index (χ1n) is 27.9. The van der Waals surface area contributed by atoms with Crippen LogP contribution in [-0.4, -0.2) is 15.0 Å². The number of para-hydroxylation sites is 1. The maximum absolute atomic E-state index is 5.63. The normalized spacial score (nSPS) is 11.8. The zero-order valence-electron chi connectivity index (χ0n) is 43.7. The lowest BCUT2D eigenvalue weighted by atomic mass is 9.88. The molecule has 0 aliphatic rings. The summed E-state index contributed by atoms with van der Waals surface area (Å²) in [4.78, 5) is 19.3. The minimum atomic E-state index is 0.758. The van der Waals surface area contributed by atoms with Crippen molar-refractivity contribution >= 4 is 53.6 Å².